The van der Waals surface area contributed by atoms with Gasteiger partial charge in [-0.2, -0.15) is 0 Å². The number of carbonyl (C=O) groups is 1. The third-order valence-corrected chi connectivity index (χ3v) is 6.15. The van der Waals surface area contributed by atoms with E-state index in [1.54, 1.807) is 14.2 Å². The molecule has 1 aliphatic rings. The lowest BCUT2D eigenvalue weighted by atomic mass is 9.72. The van der Waals surface area contributed by atoms with Crippen molar-refractivity contribution in [2.24, 2.45) is 5.41 Å². The highest BCUT2D eigenvalue weighted by Crippen LogP contribution is 2.40. The highest BCUT2D eigenvalue weighted by atomic mass is 16.7. The first kappa shape index (κ1) is 26.2. The van der Waals surface area contributed by atoms with Crippen LogP contribution in [0.15, 0.2) is 36.4 Å². The molecule has 1 aliphatic carbocycles. The van der Waals surface area contributed by atoms with Gasteiger partial charge >= 0.3 is 5.97 Å². The number of methoxy groups -OCH3 is 3. The van der Waals surface area contributed by atoms with E-state index in [2.05, 4.69) is 0 Å². The summed E-state index contributed by atoms with van der Waals surface area (Å²) < 4.78 is 31.6. The number of nitrogens with zero attached hydrogens (tertiary/aromatic N) is 1. The van der Waals surface area contributed by atoms with Crippen LogP contribution < -0.4 is 0 Å². The van der Waals surface area contributed by atoms with Crippen molar-refractivity contribution in [3.05, 3.63) is 47.7 Å². The summed E-state index contributed by atoms with van der Waals surface area (Å²) in [5, 5.41) is 1.03. The van der Waals surface area contributed by atoms with E-state index in [-0.39, 0.29) is 38.6 Å². The molecule has 1 atom stereocenters. The molecule has 1 aromatic carbocycles. The van der Waals surface area contributed by atoms with Crippen molar-refractivity contribution in [3.63, 3.8) is 0 Å². The van der Waals surface area contributed by atoms with Gasteiger partial charge in [-0.3, -0.25) is 9.78 Å². The lowest BCUT2D eigenvalue weighted by molar-refractivity contribution is -0.167. The predicted octanol–water partition coefficient (Wildman–Crippen LogP) is 4.63. The average Bonchev–Trinajstić information content (AvgIpc) is 2.88. The first-order valence-electron chi connectivity index (χ1n) is 11.5. The van der Waals surface area contributed by atoms with Crippen LogP contribution in [-0.4, -0.2) is 58.8 Å². The van der Waals surface area contributed by atoms with Gasteiger partial charge in [0, 0.05) is 26.7 Å². The van der Waals surface area contributed by atoms with Crippen LogP contribution >= 0.6 is 0 Å². The number of carbonyl (C=O) groups excluding carboxylic acids is 1. The third kappa shape index (κ3) is 6.84. The fourth-order valence-electron chi connectivity index (χ4n) is 4.12. The van der Waals surface area contributed by atoms with Crippen molar-refractivity contribution >= 4 is 22.9 Å². The fourth-order valence-corrected chi connectivity index (χ4v) is 4.12. The molecule has 0 N–H and O–H groups in total. The molecule has 2 aromatic rings. The minimum atomic E-state index is -0.724. The normalized spacial score (nSPS) is 21.7. The smallest absolute Gasteiger partial charge is 0.318 e. The molecular weight excluding hydrogens is 438 g/mol. The van der Waals surface area contributed by atoms with Crippen LogP contribution in [-0.2, 0) is 33.2 Å². The summed E-state index contributed by atoms with van der Waals surface area (Å²) in [6, 6.07) is 10.1. The number of benzene rings is 1. The first-order chi connectivity index (χ1) is 16.5. The summed E-state index contributed by atoms with van der Waals surface area (Å²) in [5.41, 5.74) is 1.93. The summed E-state index contributed by atoms with van der Waals surface area (Å²) in [6.45, 7) is 2.34. The van der Waals surface area contributed by atoms with Gasteiger partial charge in [-0.1, -0.05) is 30.4 Å². The summed E-state index contributed by atoms with van der Waals surface area (Å²) in [6.07, 6.45) is 6.58. The van der Waals surface area contributed by atoms with Crippen molar-refractivity contribution in [2.75, 3.05) is 41.7 Å². The number of hydrogen-bond acceptors (Lipinski definition) is 8. The largest absolute Gasteiger partial charge is 0.438 e. The Balaban J connectivity index is 1.80. The molecule has 0 bridgehead atoms. The molecule has 1 aromatic heterocycles. The Labute approximate surface area is 201 Å². The molecule has 8 heteroatoms. The van der Waals surface area contributed by atoms with E-state index in [1.807, 2.05) is 49.4 Å². The van der Waals surface area contributed by atoms with Gasteiger partial charge in [0.15, 0.2) is 6.79 Å². The number of rotatable bonds is 12. The van der Waals surface area contributed by atoms with Gasteiger partial charge in [-0.25, -0.2) is 0 Å². The highest BCUT2D eigenvalue weighted by Gasteiger charge is 2.41. The van der Waals surface area contributed by atoms with Crippen molar-refractivity contribution in [1.82, 2.24) is 4.98 Å². The minimum absolute atomic E-state index is 0.0655. The molecule has 8 nitrogen and oxygen atoms in total. The van der Waals surface area contributed by atoms with E-state index in [4.69, 9.17) is 33.4 Å². The molecule has 0 radical (unpaired) electrons. The Morgan fingerprint density at radius 1 is 1.06 bits per heavy atom. The second-order valence-corrected chi connectivity index (χ2v) is 8.50. The zero-order valence-corrected chi connectivity index (χ0v) is 20.5. The van der Waals surface area contributed by atoms with E-state index in [1.165, 1.54) is 7.11 Å². The second kappa shape index (κ2) is 12.9. The molecule has 34 heavy (non-hydrogen) atoms. The number of esters is 1. The Morgan fingerprint density at radius 2 is 1.76 bits per heavy atom. The molecule has 0 spiro atoms. The molecule has 0 amide bonds. The van der Waals surface area contributed by atoms with E-state index in [0.717, 1.165) is 35.0 Å². The lowest BCUT2D eigenvalue weighted by Gasteiger charge is -2.35. The van der Waals surface area contributed by atoms with Gasteiger partial charge < -0.3 is 28.4 Å². The quantitative estimate of drug-likeness (QED) is 0.326. The second-order valence-electron chi connectivity index (χ2n) is 8.50. The summed E-state index contributed by atoms with van der Waals surface area (Å²) in [5.74, 6) is -0.277. The topological polar surface area (TPSA) is 85.3 Å². The Bertz CT molecular complexity index is 953. The van der Waals surface area contributed by atoms with Crippen LogP contribution in [0, 0.1) is 5.41 Å². The molecule has 0 aliphatic heterocycles. The van der Waals surface area contributed by atoms with E-state index in [9.17, 15) is 4.79 Å². The van der Waals surface area contributed by atoms with Crippen LogP contribution in [0.25, 0.3) is 17.0 Å². The third-order valence-electron chi connectivity index (χ3n) is 6.15. The first-order valence-corrected chi connectivity index (χ1v) is 11.5. The van der Waals surface area contributed by atoms with Crippen molar-refractivity contribution in [3.8, 4) is 0 Å². The number of pyridine rings is 1. The van der Waals surface area contributed by atoms with Crippen LogP contribution in [0.5, 0.6) is 0 Å². The van der Waals surface area contributed by atoms with E-state index in [0.29, 0.717) is 12.8 Å². The average molecular weight is 474 g/mol. The van der Waals surface area contributed by atoms with E-state index >= 15 is 0 Å². The fraction of sp³-hybridized carbons (Fsp3) is 0.538. The number of ether oxygens (including phenoxy) is 6. The van der Waals surface area contributed by atoms with Crippen LogP contribution in [0.3, 0.4) is 0 Å². The Kier molecular flexibility index (Phi) is 9.98. The molecular formula is C26H35NO7. The van der Waals surface area contributed by atoms with Gasteiger partial charge in [0.1, 0.15) is 13.6 Å². The number of fused-ring (bicyclic) bond motifs is 1. The minimum Gasteiger partial charge on any atom is -0.438 e. The summed E-state index contributed by atoms with van der Waals surface area (Å²) in [4.78, 5) is 17.7. The SMILES string of the molecule is COCOC(=O)[C@]1(/C=C/c2ccc3ccc([C@@H](C)OCOC)nc3c2)CC[C@H](OCOC)CC1. The zero-order chi connectivity index (χ0) is 24.4. The molecule has 0 saturated heterocycles. The van der Waals surface area contributed by atoms with Gasteiger partial charge in [0.2, 0.25) is 0 Å². The van der Waals surface area contributed by atoms with E-state index < -0.39 is 5.41 Å². The molecule has 1 heterocycles. The van der Waals surface area contributed by atoms with Gasteiger partial charge in [-0.15, -0.1) is 0 Å². The molecule has 1 saturated carbocycles. The van der Waals surface area contributed by atoms with Gasteiger partial charge in [0.05, 0.1) is 28.8 Å². The Hall–Kier alpha value is -2.36. The van der Waals surface area contributed by atoms with Crippen LogP contribution in [0.1, 0.15) is 50.0 Å². The maximum absolute atomic E-state index is 13.0. The van der Waals surface area contributed by atoms with Crippen LogP contribution in [0.2, 0.25) is 0 Å². The van der Waals surface area contributed by atoms with Crippen molar-refractivity contribution < 1.29 is 33.2 Å². The molecule has 186 valence electrons. The molecule has 3 rings (SSSR count). The summed E-state index contributed by atoms with van der Waals surface area (Å²) >= 11 is 0. The maximum Gasteiger partial charge on any atom is 0.318 e. The van der Waals surface area contributed by atoms with Gasteiger partial charge in [0.25, 0.3) is 0 Å². The monoisotopic (exact) mass is 473 g/mol. The number of aromatic nitrogens is 1. The highest BCUT2D eigenvalue weighted by molar-refractivity contribution is 5.83. The Morgan fingerprint density at radius 3 is 2.47 bits per heavy atom. The number of hydrogen-bond donors (Lipinski definition) is 0. The van der Waals surface area contributed by atoms with Crippen molar-refractivity contribution in [1.29, 1.82) is 0 Å². The molecule has 1 fully saturated rings. The lowest BCUT2D eigenvalue weighted by Crippen LogP contribution is -2.37. The molecule has 0 unspecified atom stereocenters. The zero-order valence-electron chi connectivity index (χ0n) is 20.5. The predicted molar refractivity (Wildman–Crippen MR) is 128 cm³/mol. The van der Waals surface area contributed by atoms with Crippen LogP contribution in [0.4, 0.5) is 0 Å². The van der Waals surface area contributed by atoms with Crippen molar-refractivity contribution in [2.45, 2.75) is 44.8 Å². The standard InChI is InChI=1S/C26H35NO7/c1-19(32-16-29-2)23-8-7-21-6-5-20(15-24(21)27-23)9-12-26(25(28)34-18-31-4)13-10-22(11-14-26)33-17-30-3/h5-9,12,15,19,22H,10-11,13-14,16-18H2,1-4H3/b12-9+/t19-,22-,26+/m1/s1. The maximum atomic E-state index is 13.0. The van der Waals surface area contributed by atoms with Gasteiger partial charge in [-0.05, 0) is 50.3 Å². The summed E-state index contributed by atoms with van der Waals surface area (Å²) in [7, 11) is 4.70.